The fourth-order valence-electron chi connectivity index (χ4n) is 1.75. The summed E-state index contributed by atoms with van der Waals surface area (Å²) in [6, 6.07) is 15.9. The topological polar surface area (TPSA) is 49.7 Å². The van der Waals surface area contributed by atoms with Gasteiger partial charge in [-0.3, -0.25) is 9.69 Å². The molecule has 4 nitrogen and oxygen atoms in total. The van der Waals surface area contributed by atoms with Crippen LogP contribution in [0, 0.1) is 4.91 Å². The summed E-state index contributed by atoms with van der Waals surface area (Å²) in [5, 5.41) is 2.84. The van der Waals surface area contributed by atoms with E-state index in [4.69, 9.17) is 0 Å². The van der Waals surface area contributed by atoms with Gasteiger partial charge in [0.05, 0.1) is 0 Å². The molecule has 0 unspecified atom stereocenters. The highest BCUT2D eigenvalue weighted by molar-refractivity contribution is 5.99. The first kappa shape index (κ1) is 12.0. The maximum Gasteiger partial charge on any atom is 0.228 e. The third-order valence-corrected chi connectivity index (χ3v) is 2.54. The number of nitrogens with zero attached hydrogens (tertiary/aromatic N) is 2. The Morgan fingerprint density at radius 1 is 0.944 bits per heavy atom. The number of hydrogen-bond donors (Lipinski definition) is 0. The Labute approximate surface area is 105 Å². The van der Waals surface area contributed by atoms with Gasteiger partial charge in [-0.15, -0.1) is 4.91 Å². The van der Waals surface area contributed by atoms with Crippen LogP contribution in [0.1, 0.15) is 6.92 Å². The van der Waals surface area contributed by atoms with Gasteiger partial charge in [0.1, 0.15) is 5.69 Å². The molecule has 0 atom stereocenters. The van der Waals surface area contributed by atoms with Gasteiger partial charge >= 0.3 is 0 Å². The van der Waals surface area contributed by atoms with E-state index in [-0.39, 0.29) is 5.91 Å². The fourth-order valence-corrected chi connectivity index (χ4v) is 1.75. The summed E-state index contributed by atoms with van der Waals surface area (Å²) >= 11 is 0. The Morgan fingerprint density at radius 2 is 1.50 bits per heavy atom. The molecule has 0 fully saturated rings. The van der Waals surface area contributed by atoms with Gasteiger partial charge in [0.25, 0.3) is 0 Å². The van der Waals surface area contributed by atoms with E-state index in [9.17, 15) is 9.70 Å². The maximum atomic E-state index is 11.7. The largest absolute Gasteiger partial charge is 0.281 e. The first-order valence-electron chi connectivity index (χ1n) is 5.51. The Bertz CT molecular complexity index is 550. The monoisotopic (exact) mass is 240 g/mol. The van der Waals surface area contributed by atoms with Gasteiger partial charge < -0.3 is 0 Å². The van der Waals surface area contributed by atoms with Crippen molar-refractivity contribution in [1.29, 1.82) is 0 Å². The highest BCUT2D eigenvalue weighted by Gasteiger charge is 2.13. The molecule has 0 radical (unpaired) electrons. The lowest BCUT2D eigenvalue weighted by molar-refractivity contribution is -0.115. The van der Waals surface area contributed by atoms with E-state index in [0.29, 0.717) is 11.4 Å². The Kier molecular flexibility index (Phi) is 3.48. The second-order valence-electron chi connectivity index (χ2n) is 3.80. The number of para-hydroxylation sites is 1. The molecule has 90 valence electrons. The number of benzene rings is 2. The molecule has 2 rings (SSSR count). The van der Waals surface area contributed by atoms with E-state index < -0.39 is 0 Å². The van der Waals surface area contributed by atoms with Gasteiger partial charge in [-0.1, -0.05) is 18.2 Å². The van der Waals surface area contributed by atoms with Crippen LogP contribution in [-0.2, 0) is 4.79 Å². The van der Waals surface area contributed by atoms with Crippen LogP contribution >= 0.6 is 0 Å². The van der Waals surface area contributed by atoms with E-state index in [0.717, 1.165) is 5.69 Å². The Balaban J connectivity index is 2.42. The van der Waals surface area contributed by atoms with E-state index in [1.54, 1.807) is 29.2 Å². The molecular formula is C14H12N2O2. The van der Waals surface area contributed by atoms with Crippen molar-refractivity contribution >= 4 is 23.0 Å². The summed E-state index contributed by atoms with van der Waals surface area (Å²) in [7, 11) is 0. The molecule has 0 bridgehead atoms. The van der Waals surface area contributed by atoms with E-state index in [2.05, 4.69) is 5.18 Å². The minimum Gasteiger partial charge on any atom is -0.281 e. The first-order chi connectivity index (χ1) is 8.72. The SMILES string of the molecule is CC(=O)N(c1ccccc1)c1ccc(N=O)cc1. The molecule has 2 aromatic rings. The molecule has 0 aliphatic heterocycles. The lowest BCUT2D eigenvalue weighted by atomic mass is 10.2. The Morgan fingerprint density at radius 3 is 2.00 bits per heavy atom. The first-order valence-corrected chi connectivity index (χ1v) is 5.51. The van der Waals surface area contributed by atoms with E-state index in [1.165, 1.54) is 6.92 Å². The molecule has 2 aromatic carbocycles. The number of carbonyl (C=O) groups excluding carboxylic acids is 1. The van der Waals surface area contributed by atoms with Gasteiger partial charge in [-0.05, 0) is 41.6 Å². The molecule has 0 aromatic heterocycles. The van der Waals surface area contributed by atoms with E-state index in [1.807, 2.05) is 30.3 Å². The van der Waals surface area contributed by atoms with Gasteiger partial charge in [0.2, 0.25) is 5.91 Å². The third kappa shape index (κ3) is 2.43. The predicted octanol–water partition coefficient (Wildman–Crippen LogP) is 3.77. The Hall–Kier alpha value is -2.49. The minimum absolute atomic E-state index is 0.0898. The molecule has 0 aliphatic rings. The molecule has 0 heterocycles. The quantitative estimate of drug-likeness (QED) is 0.767. The summed E-state index contributed by atoms with van der Waals surface area (Å²) in [5.74, 6) is -0.0898. The van der Waals surface area contributed by atoms with Crippen molar-refractivity contribution in [2.75, 3.05) is 4.90 Å². The zero-order chi connectivity index (χ0) is 13.0. The zero-order valence-electron chi connectivity index (χ0n) is 9.91. The van der Waals surface area contributed by atoms with Crippen LogP contribution in [-0.4, -0.2) is 5.91 Å². The van der Waals surface area contributed by atoms with Crippen LogP contribution in [0.25, 0.3) is 0 Å². The van der Waals surface area contributed by atoms with Crippen LogP contribution in [0.15, 0.2) is 59.8 Å². The minimum atomic E-state index is -0.0898. The molecule has 0 N–H and O–H groups in total. The van der Waals surface area contributed by atoms with Crippen LogP contribution in [0.5, 0.6) is 0 Å². The summed E-state index contributed by atoms with van der Waals surface area (Å²) < 4.78 is 0. The lowest BCUT2D eigenvalue weighted by Gasteiger charge is -2.21. The standard InChI is InChI=1S/C14H12N2O2/c1-11(17)16(13-5-3-2-4-6-13)14-9-7-12(15-18)8-10-14/h2-10H,1H3. The molecule has 1 amide bonds. The van der Waals surface area contributed by atoms with E-state index >= 15 is 0 Å². The molecular weight excluding hydrogens is 228 g/mol. The van der Waals surface area contributed by atoms with Crippen LogP contribution in [0.2, 0.25) is 0 Å². The highest BCUT2D eigenvalue weighted by Crippen LogP contribution is 2.27. The van der Waals surface area contributed by atoms with Gasteiger partial charge in [0.15, 0.2) is 0 Å². The smallest absolute Gasteiger partial charge is 0.228 e. The van der Waals surface area contributed by atoms with Crippen molar-refractivity contribution in [1.82, 2.24) is 0 Å². The van der Waals surface area contributed by atoms with Crippen molar-refractivity contribution in [2.24, 2.45) is 5.18 Å². The molecule has 0 aliphatic carbocycles. The lowest BCUT2D eigenvalue weighted by Crippen LogP contribution is -2.22. The van der Waals surface area contributed by atoms with Crippen molar-refractivity contribution in [3.05, 3.63) is 59.5 Å². The van der Waals surface area contributed by atoms with Gasteiger partial charge in [-0.2, -0.15) is 0 Å². The summed E-state index contributed by atoms with van der Waals surface area (Å²) in [4.78, 5) is 23.7. The number of carbonyl (C=O) groups is 1. The van der Waals surface area contributed by atoms with Crippen molar-refractivity contribution in [3.8, 4) is 0 Å². The number of nitroso groups, excluding NO2 is 1. The average Bonchev–Trinajstić information content (AvgIpc) is 2.40. The molecule has 0 saturated heterocycles. The second-order valence-corrected chi connectivity index (χ2v) is 3.80. The van der Waals surface area contributed by atoms with Crippen molar-refractivity contribution in [3.63, 3.8) is 0 Å². The van der Waals surface area contributed by atoms with Crippen molar-refractivity contribution in [2.45, 2.75) is 6.92 Å². The summed E-state index contributed by atoms with van der Waals surface area (Å²) in [6.07, 6.45) is 0. The van der Waals surface area contributed by atoms with Crippen LogP contribution in [0.4, 0.5) is 17.1 Å². The summed E-state index contributed by atoms with van der Waals surface area (Å²) in [5.41, 5.74) is 1.84. The fraction of sp³-hybridized carbons (Fsp3) is 0.0714. The zero-order valence-corrected chi connectivity index (χ0v) is 9.91. The number of amides is 1. The normalized spacial score (nSPS) is 9.83. The van der Waals surface area contributed by atoms with Gasteiger partial charge in [0, 0.05) is 18.3 Å². The van der Waals surface area contributed by atoms with Gasteiger partial charge in [-0.25, -0.2) is 0 Å². The molecule has 0 saturated carbocycles. The highest BCUT2D eigenvalue weighted by atomic mass is 16.3. The number of rotatable bonds is 3. The molecule has 4 heteroatoms. The molecule has 0 spiro atoms. The number of hydrogen-bond acceptors (Lipinski definition) is 3. The second kappa shape index (κ2) is 5.23. The van der Waals surface area contributed by atoms with Crippen molar-refractivity contribution < 1.29 is 4.79 Å². The summed E-state index contributed by atoms with van der Waals surface area (Å²) in [6.45, 7) is 1.50. The number of anilines is 2. The average molecular weight is 240 g/mol. The molecule has 18 heavy (non-hydrogen) atoms. The van der Waals surface area contributed by atoms with Crippen LogP contribution in [0.3, 0.4) is 0 Å². The van der Waals surface area contributed by atoms with Crippen LogP contribution < -0.4 is 4.90 Å². The maximum absolute atomic E-state index is 11.7. The third-order valence-electron chi connectivity index (χ3n) is 2.54. The predicted molar refractivity (Wildman–Crippen MR) is 71.2 cm³/mol.